The van der Waals surface area contributed by atoms with E-state index in [9.17, 15) is 69.0 Å². The summed E-state index contributed by atoms with van der Waals surface area (Å²) in [6.45, 7) is 2.68. The second-order valence-corrected chi connectivity index (χ2v) is 20.7. The molecule has 5 rings (SSSR count). The molecule has 0 aromatic heterocycles. The van der Waals surface area contributed by atoms with Crippen LogP contribution in [0.4, 0.5) is 5.69 Å². The number of amides is 1. The number of aliphatic carboxylic acids is 5. The van der Waals surface area contributed by atoms with Crippen molar-refractivity contribution in [2.75, 3.05) is 104 Å². The van der Waals surface area contributed by atoms with Gasteiger partial charge >= 0.3 is 29.8 Å². The predicted octanol–water partition coefficient (Wildman–Crippen LogP) is 4.52. The molecule has 4 aromatic carbocycles. The first-order valence-corrected chi connectivity index (χ1v) is 27.3. The molecule has 1 heterocycles. The summed E-state index contributed by atoms with van der Waals surface area (Å²) in [5.74, 6) is -6.96. The minimum Gasteiger partial charge on any atom is -0.508 e. The number of hydrogen-bond acceptors (Lipinski definition) is 16. The summed E-state index contributed by atoms with van der Waals surface area (Å²) >= 11 is 18.3. The van der Waals surface area contributed by atoms with E-state index in [0.717, 1.165) is 11.1 Å². The number of carbonyl (C=O) groups is 8. The molecule has 4 aromatic rings. The lowest BCUT2D eigenvalue weighted by Crippen LogP contribution is -2.53. The van der Waals surface area contributed by atoms with Crippen LogP contribution in [0.1, 0.15) is 67.0 Å². The number of halogens is 2. The first kappa shape index (κ1) is 65.5. The van der Waals surface area contributed by atoms with Gasteiger partial charge in [0.15, 0.2) is 16.7 Å². The molecule has 442 valence electrons. The fourth-order valence-electron chi connectivity index (χ4n) is 9.06. The summed E-state index contributed by atoms with van der Waals surface area (Å²) in [4.78, 5) is 105. The number of rotatable bonds is 29. The number of nitrogens with one attached hydrogen (secondary N) is 3. The van der Waals surface area contributed by atoms with Gasteiger partial charge in [0.05, 0.1) is 55.0 Å². The quantitative estimate of drug-likeness (QED) is 0.0205. The third kappa shape index (κ3) is 22.9. The Bertz CT molecular complexity index is 2870. The largest absolute Gasteiger partial charge is 0.508 e. The monoisotopic (exact) mass is 1200 g/mol. The van der Waals surface area contributed by atoms with Crippen molar-refractivity contribution in [1.82, 2.24) is 30.2 Å². The molecule has 1 aliphatic heterocycles. The van der Waals surface area contributed by atoms with Crippen LogP contribution in [0.25, 0.3) is 0 Å². The number of phenols is 1. The number of anilines is 1. The molecule has 1 unspecified atom stereocenters. The Morgan fingerprint density at radius 3 is 1.87 bits per heavy atom. The number of aryl methyl sites for hydroxylation is 2. The molecular formula is C56H67Cl2N7O16S. The summed E-state index contributed by atoms with van der Waals surface area (Å²) in [6, 6.07) is 19.3. The zero-order valence-electron chi connectivity index (χ0n) is 45.0. The van der Waals surface area contributed by atoms with Crippen molar-refractivity contribution in [2.45, 2.75) is 51.1 Å². The third-order valence-corrected chi connectivity index (χ3v) is 13.9. The van der Waals surface area contributed by atoms with Gasteiger partial charge in [0.1, 0.15) is 24.1 Å². The number of benzene rings is 4. The van der Waals surface area contributed by atoms with Gasteiger partial charge < -0.3 is 56.1 Å². The average Bonchev–Trinajstić information content (AvgIpc) is 3.60. The van der Waals surface area contributed by atoms with Crippen LogP contribution in [0.2, 0.25) is 10.0 Å². The number of Topliss-reactive ketones (excluding diaryl/α,β-unsaturated/α-hetero) is 2. The number of carboxylic acids is 5. The van der Waals surface area contributed by atoms with Crippen LogP contribution in [0.15, 0.2) is 78.9 Å². The van der Waals surface area contributed by atoms with Crippen LogP contribution >= 0.6 is 35.4 Å². The molecule has 9 N–H and O–H groups in total. The lowest BCUT2D eigenvalue weighted by Gasteiger charge is -2.37. The van der Waals surface area contributed by atoms with E-state index in [2.05, 4.69) is 16.0 Å². The van der Waals surface area contributed by atoms with Crippen LogP contribution in [0, 0.1) is 6.92 Å². The fourth-order valence-corrected chi connectivity index (χ4v) is 9.94. The van der Waals surface area contributed by atoms with E-state index in [4.69, 9.17) is 44.9 Å². The molecule has 0 aliphatic carbocycles. The number of phenolic OH excluding ortho intramolecular Hbond substituents is 1. The van der Waals surface area contributed by atoms with Crippen LogP contribution < -0.4 is 20.7 Å². The molecule has 0 spiro atoms. The van der Waals surface area contributed by atoms with E-state index in [1.54, 1.807) is 62.9 Å². The first-order valence-electron chi connectivity index (χ1n) is 26.1. The summed E-state index contributed by atoms with van der Waals surface area (Å²) in [5, 5.41) is 66.9. The summed E-state index contributed by atoms with van der Waals surface area (Å²) in [6.07, 6.45) is 0.199. The second-order valence-electron chi connectivity index (χ2n) is 19.5. The van der Waals surface area contributed by atoms with Crippen LogP contribution in [0.5, 0.6) is 11.5 Å². The maximum atomic E-state index is 13.3. The highest BCUT2D eigenvalue weighted by molar-refractivity contribution is 7.80. The summed E-state index contributed by atoms with van der Waals surface area (Å²) in [5.41, 5.74) is 3.02. The standard InChI is InChI=1S/C56H67Cl2N7O16S/c1-35-23-38(27-42(66)24-35)48(68)12-10-46(55(78)79)61-54(77)53-44(57)28-39(29-45(53)58)47(67)11-7-36-3-2-4-43(26-36)81-22-21-80-20-13-59-56(82)60-40-8-5-37(6-9-40)25-41-30-64(33-51(73)74)17-16-62(31-49(69)70)14-15-63(32-50(71)72)18-19-65(41)34-52(75)76/h2-6,8-9,23-24,26-29,41,46,66H,7,10-22,25,30-34H2,1H3,(H,61,77)(H,69,70)(H,71,72)(H,73,74)(H,75,76)(H,78,79)(H2,59,60,82)/t41?,46-/m0/s1. The van der Waals surface area contributed by atoms with Crippen molar-refractivity contribution in [3.05, 3.63) is 122 Å². The van der Waals surface area contributed by atoms with E-state index in [-0.39, 0.29) is 149 Å². The van der Waals surface area contributed by atoms with Gasteiger partial charge in [-0.1, -0.05) is 47.5 Å². The molecule has 82 heavy (non-hydrogen) atoms. The molecule has 0 radical (unpaired) electrons. The molecule has 1 saturated heterocycles. The summed E-state index contributed by atoms with van der Waals surface area (Å²) < 4.78 is 11.6. The second kappa shape index (κ2) is 33.0. The highest BCUT2D eigenvalue weighted by atomic mass is 35.5. The van der Waals surface area contributed by atoms with Gasteiger partial charge in [0.2, 0.25) is 0 Å². The number of thiocarbonyl (C=S) groups is 1. The van der Waals surface area contributed by atoms with E-state index < -0.39 is 53.6 Å². The van der Waals surface area contributed by atoms with E-state index >= 15 is 0 Å². The Hall–Kier alpha value is -7.29. The van der Waals surface area contributed by atoms with Crippen molar-refractivity contribution in [1.29, 1.82) is 0 Å². The Morgan fingerprint density at radius 1 is 0.671 bits per heavy atom. The summed E-state index contributed by atoms with van der Waals surface area (Å²) in [7, 11) is 0. The SMILES string of the molecule is Cc1cc(O)cc(C(=O)CC[C@H](NC(=O)c2c(Cl)cc(C(=O)CCc3cccc(OCCOCCNC(=S)Nc4ccc(CC5CN(CC(=O)O)CCN(CC(=O)O)CCN(CC(=O)O)CCN5CC(=O)O)cc4)c3)cc2Cl)C(=O)O)c1. The van der Waals surface area contributed by atoms with Gasteiger partial charge in [-0.3, -0.25) is 53.2 Å². The molecule has 1 fully saturated rings. The zero-order valence-corrected chi connectivity index (χ0v) is 47.3. The lowest BCUT2D eigenvalue weighted by atomic mass is 10.00. The Kier molecular flexibility index (Phi) is 26.3. The number of ether oxygens (including phenoxy) is 2. The number of carbonyl (C=O) groups excluding carboxylic acids is 3. The van der Waals surface area contributed by atoms with Crippen molar-refractivity contribution in [2.24, 2.45) is 0 Å². The lowest BCUT2D eigenvalue weighted by molar-refractivity contribution is -0.142. The van der Waals surface area contributed by atoms with E-state index in [0.29, 0.717) is 41.5 Å². The Labute approximate surface area is 488 Å². The topological polar surface area (TPSA) is 325 Å². The van der Waals surface area contributed by atoms with Crippen molar-refractivity contribution < 1.29 is 78.5 Å². The molecule has 0 saturated carbocycles. The van der Waals surface area contributed by atoms with Gasteiger partial charge in [-0.05, 0) is 110 Å². The van der Waals surface area contributed by atoms with Crippen molar-refractivity contribution in [3.8, 4) is 11.5 Å². The molecule has 0 bridgehead atoms. The minimum atomic E-state index is -1.47. The molecule has 26 heteroatoms. The molecular weight excluding hydrogens is 1130 g/mol. The van der Waals surface area contributed by atoms with Crippen LogP contribution in [0.3, 0.4) is 0 Å². The van der Waals surface area contributed by atoms with Crippen molar-refractivity contribution in [3.63, 3.8) is 0 Å². The fraction of sp³-hybridized carbons (Fsp3) is 0.411. The third-order valence-electron chi connectivity index (χ3n) is 13.1. The van der Waals surface area contributed by atoms with Gasteiger partial charge in [0.25, 0.3) is 5.91 Å². The molecule has 1 amide bonds. The average molecular weight is 1200 g/mol. The smallest absolute Gasteiger partial charge is 0.326 e. The zero-order chi connectivity index (χ0) is 59.9. The predicted molar refractivity (Wildman–Crippen MR) is 307 cm³/mol. The normalized spacial score (nSPS) is 15.2. The Morgan fingerprint density at radius 2 is 1.26 bits per heavy atom. The minimum absolute atomic E-state index is 0.0543. The van der Waals surface area contributed by atoms with E-state index in [1.807, 2.05) is 18.2 Å². The highest BCUT2D eigenvalue weighted by Crippen LogP contribution is 2.29. The maximum absolute atomic E-state index is 13.3. The molecule has 1 aliphatic rings. The highest BCUT2D eigenvalue weighted by Gasteiger charge is 2.29. The van der Waals surface area contributed by atoms with Crippen LogP contribution in [-0.4, -0.2) is 213 Å². The van der Waals surface area contributed by atoms with Gasteiger partial charge in [-0.2, -0.15) is 0 Å². The van der Waals surface area contributed by atoms with E-state index in [1.165, 1.54) is 24.3 Å². The van der Waals surface area contributed by atoms with Crippen molar-refractivity contribution >= 4 is 93.5 Å². The van der Waals surface area contributed by atoms with Crippen LogP contribution in [-0.2, 0) is 41.6 Å². The molecule has 23 nitrogen and oxygen atoms in total. The number of nitrogens with zero attached hydrogens (tertiary/aromatic N) is 4. The first-order chi connectivity index (χ1) is 39.0. The van der Waals surface area contributed by atoms with Gasteiger partial charge in [0, 0.05) is 88.1 Å². The Balaban J connectivity index is 1.05. The number of hydrogen-bond donors (Lipinski definition) is 9. The molecule has 2 atom stereocenters. The number of ketones is 2. The number of aromatic hydroxyl groups is 1. The number of carboxylic acid groups (broad SMARTS) is 5. The van der Waals surface area contributed by atoms with Gasteiger partial charge in [-0.15, -0.1) is 0 Å². The van der Waals surface area contributed by atoms with Gasteiger partial charge in [-0.25, -0.2) is 4.79 Å². The maximum Gasteiger partial charge on any atom is 0.326 e.